The summed E-state index contributed by atoms with van der Waals surface area (Å²) in [5.74, 6) is 0.941. The number of likely N-dealkylation sites (N-methyl/N-ethyl adjacent to an activating group) is 1. The van der Waals surface area contributed by atoms with Crippen LogP contribution in [0.5, 0.6) is 11.5 Å². The summed E-state index contributed by atoms with van der Waals surface area (Å²) < 4.78 is 12.1. The number of methoxy groups -OCH3 is 1. The third-order valence-corrected chi connectivity index (χ3v) is 5.45. The molecule has 3 rings (SSSR count). The first kappa shape index (κ1) is 20.6. The topological polar surface area (TPSA) is 50.8 Å². The van der Waals surface area contributed by atoms with Crippen molar-refractivity contribution < 1.29 is 14.3 Å². The molecule has 146 valence electrons. The van der Waals surface area contributed by atoms with Gasteiger partial charge >= 0.3 is 0 Å². The second kappa shape index (κ2) is 8.94. The highest BCUT2D eigenvalue weighted by Crippen LogP contribution is 2.38. The molecule has 0 saturated carbocycles. The zero-order valence-electron chi connectivity index (χ0n) is 15.3. The summed E-state index contributed by atoms with van der Waals surface area (Å²) in [4.78, 5) is 13.9. The molecule has 1 amide bonds. The summed E-state index contributed by atoms with van der Waals surface area (Å²) in [6.45, 7) is 2.69. The summed E-state index contributed by atoms with van der Waals surface area (Å²) >= 11 is 14.9. The van der Waals surface area contributed by atoms with E-state index in [0.717, 1.165) is 11.1 Å². The summed E-state index contributed by atoms with van der Waals surface area (Å²) in [6.07, 6.45) is 1.73. The number of carbonyl (C=O) groups excluding carboxylic acids is 1. The first-order valence-corrected chi connectivity index (χ1v) is 10.1. The lowest BCUT2D eigenvalue weighted by Gasteiger charge is -2.14. The van der Waals surface area contributed by atoms with Gasteiger partial charge in [0.25, 0.3) is 5.91 Å². The van der Waals surface area contributed by atoms with Crippen LogP contribution in [0.25, 0.3) is 6.08 Å². The Balaban J connectivity index is 1.86. The van der Waals surface area contributed by atoms with Gasteiger partial charge in [0.15, 0.2) is 16.6 Å². The van der Waals surface area contributed by atoms with Crippen LogP contribution in [-0.2, 0) is 11.4 Å². The Bertz CT molecular complexity index is 964. The largest absolute Gasteiger partial charge is 0.493 e. The molecule has 1 aliphatic heterocycles. The van der Waals surface area contributed by atoms with Crippen LogP contribution >= 0.6 is 39.7 Å². The number of hydrogen-bond acceptors (Lipinski definition) is 4. The van der Waals surface area contributed by atoms with Crippen molar-refractivity contribution >= 4 is 56.8 Å². The third-order valence-electron chi connectivity index (χ3n) is 4.17. The minimum Gasteiger partial charge on any atom is -0.493 e. The van der Waals surface area contributed by atoms with Crippen LogP contribution in [0, 0.1) is 0 Å². The van der Waals surface area contributed by atoms with Crippen LogP contribution in [0.1, 0.15) is 18.1 Å². The van der Waals surface area contributed by atoms with Gasteiger partial charge in [-0.25, -0.2) is 0 Å². The molecule has 8 heteroatoms. The Kier molecular flexibility index (Phi) is 6.59. The van der Waals surface area contributed by atoms with Gasteiger partial charge in [0, 0.05) is 17.1 Å². The Morgan fingerprint density at radius 3 is 2.71 bits per heavy atom. The third kappa shape index (κ3) is 4.32. The van der Waals surface area contributed by atoms with Gasteiger partial charge in [-0.15, -0.1) is 0 Å². The monoisotopic (exact) mass is 480 g/mol. The zero-order chi connectivity index (χ0) is 20.3. The molecule has 1 heterocycles. The van der Waals surface area contributed by atoms with Crippen LogP contribution in [0.4, 0.5) is 0 Å². The average Bonchev–Trinajstić information content (AvgIpc) is 2.94. The molecular weight excluding hydrogens is 464 g/mol. The number of nitrogens with one attached hydrogen (secondary N) is 1. The van der Waals surface area contributed by atoms with Gasteiger partial charge in [0.05, 0.1) is 11.6 Å². The number of thiocarbonyl (C=S) groups is 1. The molecular formula is C20H18BrClN2O3S. The Morgan fingerprint density at radius 2 is 2.07 bits per heavy atom. The van der Waals surface area contributed by atoms with Crippen LogP contribution in [0.2, 0.25) is 5.02 Å². The van der Waals surface area contributed by atoms with E-state index < -0.39 is 0 Å². The second-order valence-corrected chi connectivity index (χ2v) is 7.60. The van der Waals surface area contributed by atoms with Crippen LogP contribution < -0.4 is 14.8 Å². The number of hydrogen-bond donors (Lipinski definition) is 1. The molecule has 1 saturated heterocycles. The molecule has 0 spiro atoms. The summed E-state index contributed by atoms with van der Waals surface area (Å²) in [6, 6.07) is 11.1. The number of ether oxygens (including phenoxy) is 2. The second-order valence-electron chi connectivity index (χ2n) is 5.95. The van der Waals surface area contributed by atoms with Crippen molar-refractivity contribution in [3.63, 3.8) is 0 Å². The quantitative estimate of drug-likeness (QED) is 0.476. The molecule has 1 fully saturated rings. The Morgan fingerprint density at radius 1 is 1.32 bits per heavy atom. The van der Waals surface area contributed by atoms with Crippen molar-refractivity contribution in [2.75, 3.05) is 13.7 Å². The lowest BCUT2D eigenvalue weighted by Crippen LogP contribution is -2.30. The van der Waals surface area contributed by atoms with E-state index in [9.17, 15) is 4.79 Å². The minimum absolute atomic E-state index is 0.151. The molecule has 5 nitrogen and oxygen atoms in total. The van der Waals surface area contributed by atoms with E-state index >= 15 is 0 Å². The van der Waals surface area contributed by atoms with E-state index in [1.54, 1.807) is 19.3 Å². The van der Waals surface area contributed by atoms with E-state index in [1.165, 1.54) is 4.90 Å². The van der Waals surface area contributed by atoms with Gasteiger partial charge < -0.3 is 14.8 Å². The maximum absolute atomic E-state index is 12.4. The van der Waals surface area contributed by atoms with E-state index in [4.69, 9.17) is 33.3 Å². The Labute approximate surface area is 182 Å². The highest BCUT2D eigenvalue weighted by molar-refractivity contribution is 9.10. The van der Waals surface area contributed by atoms with Gasteiger partial charge in [-0.1, -0.05) is 29.8 Å². The summed E-state index contributed by atoms with van der Waals surface area (Å²) in [7, 11) is 1.56. The maximum Gasteiger partial charge on any atom is 0.276 e. The Hall–Kier alpha value is -2.09. The molecule has 0 radical (unpaired) electrons. The SMILES string of the molecule is CCN1C(=O)/C(=C/c2cc(Br)c(OCc3ccccc3Cl)c(OC)c2)NC1=S. The molecule has 0 aliphatic carbocycles. The van der Waals surface area contributed by atoms with E-state index in [-0.39, 0.29) is 5.91 Å². The fourth-order valence-corrected chi connectivity index (χ4v) is 3.84. The highest BCUT2D eigenvalue weighted by atomic mass is 79.9. The van der Waals surface area contributed by atoms with Crippen molar-refractivity contribution in [3.8, 4) is 11.5 Å². The normalized spacial score (nSPS) is 15.1. The zero-order valence-corrected chi connectivity index (χ0v) is 18.5. The molecule has 2 aromatic rings. The van der Waals surface area contributed by atoms with Crippen LogP contribution in [0.15, 0.2) is 46.6 Å². The van der Waals surface area contributed by atoms with Crippen LogP contribution in [-0.4, -0.2) is 29.6 Å². The molecule has 0 aromatic heterocycles. The number of carbonyl (C=O) groups is 1. The van der Waals surface area contributed by atoms with Crippen molar-refractivity contribution in [3.05, 3.63) is 62.7 Å². The predicted octanol–water partition coefficient (Wildman–Crippen LogP) is 4.77. The molecule has 2 aromatic carbocycles. The highest BCUT2D eigenvalue weighted by Gasteiger charge is 2.29. The fraction of sp³-hybridized carbons (Fsp3) is 0.200. The van der Waals surface area contributed by atoms with Gasteiger partial charge in [0.2, 0.25) is 0 Å². The van der Waals surface area contributed by atoms with Gasteiger partial charge in [-0.3, -0.25) is 9.69 Å². The molecule has 0 bridgehead atoms. The lowest BCUT2D eigenvalue weighted by molar-refractivity contribution is -0.122. The van der Waals surface area contributed by atoms with E-state index in [0.29, 0.717) is 45.0 Å². The number of halogens is 2. The number of nitrogens with zero attached hydrogens (tertiary/aromatic N) is 1. The molecule has 28 heavy (non-hydrogen) atoms. The molecule has 0 unspecified atom stereocenters. The number of amides is 1. The van der Waals surface area contributed by atoms with Crippen molar-refractivity contribution in [1.29, 1.82) is 0 Å². The number of rotatable bonds is 6. The smallest absolute Gasteiger partial charge is 0.276 e. The predicted molar refractivity (Wildman–Crippen MR) is 118 cm³/mol. The van der Waals surface area contributed by atoms with Gasteiger partial charge in [-0.05, 0) is 64.9 Å². The lowest BCUT2D eigenvalue weighted by atomic mass is 10.1. The van der Waals surface area contributed by atoms with E-state index in [2.05, 4.69) is 21.2 Å². The molecule has 1 N–H and O–H groups in total. The summed E-state index contributed by atoms with van der Waals surface area (Å²) in [5.41, 5.74) is 2.06. The van der Waals surface area contributed by atoms with Gasteiger partial charge in [-0.2, -0.15) is 0 Å². The van der Waals surface area contributed by atoms with Crippen molar-refractivity contribution in [2.24, 2.45) is 0 Å². The standard InChI is InChI=1S/C20H18BrClN2O3S/c1-3-24-19(25)16(23-20(24)28)9-12-8-14(21)18(17(10-12)26-2)27-11-13-6-4-5-7-15(13)22/h4-10H,3,11H2,1-2H3,(H,23,28)/b16-9-. The fourth-order valence-electron chi connectivity index (χ4n) is 2.75. The van der Waals surface area contributed by atoms with Crippen molar-refractivity contribution in [1.82, 2.24) is 10.2 Å². The van der Waals surface area contributed by atoms with Crippen LogP contribution in [0.3, 0.4) is 0 Å². The summed E-state index contributed by atoms with van der Waals surface area (Å²) in [5, 5.41) is 3.99. The number of benzene rings is 2. The minimum atomic E-state index is -0.151. The van der Waals surface area contributed by atoms with Crippen molar-refractivity contribution in [2.45, 2.75) is 13.5 Å². The molecule has 0 atom stereocenters. The molecule has 1 aliphatic rings. The van der Waals surface area contributed by atoms with E-state index in [1.807, 2.05) is 37.3 Å². The maximum atomic E-state index is 12.4. The first-order valence-electron chi connectivity index (χ1n) is 8.52. The first-order chi connectivity index (χ1) is 13.4. The van der Waals surface area contributed by atoms with Gasteiger partial charge in [0.1, 0.15) is 12.3 Å². The average molecular weight is 482 g/mol.